The topological polar surface area (TPSA) is 65.7 Å². The molecule has 4 nitrogen and oxygen atoms in total. The van der Waals surface area contributed by atoms with Crippen LogP contribution in [0.2, 0.25) is 0 Å². The zero-order chi connectivity index (χ0) is 12.3. The van der Waals surface area contributed by atoms with Gasteiger partial charge in [0.15, 0.2) is 0 Å². The summed E-state index contributed by atoms with van der Waals surface area (Å²) in [4.78, 5) is 4.38. The first kappa shape index (κ1) is 11.5. The molecule has 0 fully saturated rings. The molecule has 0 saturated carbocycles. The highest BCUT2D eigenvalue weighted by Gasteiger charge is 2.11. The van der Waals surface area contributed by atoms with E-state index in [2.05, 4.69) is 10.1 Å². The number of aromatic nitrogens is 1. The maximum atomic E-state index is 9.93. The van der Waals surface area contributed by atoms with Crippen LogP contribution in [0.4, 0.5) is 0 Å². The molecule has 4 heteroatoms. The fourth-order valence-electron chi connectivity index (χ4n) is 1.69. The maximum absolute atomic E-state index is 9.93. The molecule has 1 heterocycles. The lowest BCUT2D eigenvalue weighted by atomic mass is 10.1. The molecular weight excluding hydrogens is 216 g/mol. The van der Waals surface area contributed by atoms with E-state index in [0.717, 1.165) is 10.9 Å². The van der Waals surface area contributed by atoms with Gasteiger partial charge in [0.25, 0.3) is 0 Å². The van der Waals surface area contributed by atoms with E-state index in [-0.39, 0.29) is 6.42 Å². The Morgan fingerprint density at radius 2 is 2.06 bits per heavy atom. The molecule has 1 atom stereocenters. The molecule has 0 saturated heterocycles. The predicted molar refractivity (Wildman–Crippen MR) is 66.2 cm³/mol. The van der Waals surface area contributed by atoms with E-state index in [9.17, 15) is 5.11 Å². The third kappa shape index (κ3) is 2.60. The summed E-state index contributed by atoms with van der Waals surface area (Å²) in [6.45, 7) is 1.66. The molecule has 88 valence electrons. The van der Waals surface area contributed by atoms with Crippen LogP contribution in [-0.4, -0.2) is 21.0 Å². The minimum Gasteiger partial charge on any atom is -0.411 e. The van der Waals surface area contributed by atoms with Gasteiger partial charge in [0.2, 0.25) is 0 Å². The van der Waals surface area contributed by atoms with Crippen molar-refractivity contribution in [1.82, 2.24) is 4.98 Å². The number of aliphatic hydroxyl groups is 1. The number of oxime groups is 1. The van der Waals surface area contributed by atoms with Crippen LogP contribution < -0.4 is 0 Å². The van der Waals surface area contributed by atoms with Crippen molar-refractivity contribution in [2.75, 3.05) is 0 Å². The highest BCUT2D eigenvalue weighted by Crippen LogP contribution is 2.19. The Balaban J connectivity index is 2.30. The van der Waals surface area contributed by atoms with Gasteiger partial charge in [-0.2, -0.15) is 0 Å². The Bertz CT molecular complexity index is 552. The monoisotopic (exact) mass is 230 g/mol. The van der Waals surface area contributed by atoms with Crippen LogP contribution in [0, 0.1) is 0 Å². The Labute approximate surface area is 99.2 Å². The SMILES string of the molecule is C/C(C[C@@H](O)c1ccc2ccccc2n1)=N\O. The number of rotatable bonds is 3. The summed E-state index contributed by atoms with van der Waals surface area (Å²) in [5.41, 5.74) is 1.92. The average Bonchev–Trinajstić information content (AvgIpc) is 2.38. The number of pyridine rings is 1. The smallest absolute Gasteiger partial charge is 0.101 e. The molecule has 0 amide bonds. The van der Waals surface area contributed by atoms with Crippen LogP contribution in [0.1, 0.15) is 25.1 Å². The Hall–Kier alpha value is -1.94. The number of nitrogens with zero attached hydrogens (tertiary/aromatic N) is 2. The molecule has 17 heavy (non-hydrogen) atoms. The summed E-state index contributed by atoms with van der Waals surface area (Å²) in [6.07, 6.45) is -0.461. The van der Waals surface area contributed by atoms with E-state index in [4.69, 9.17) is 5.21 Å². The molecule has 0 unspecified atom stereocenters. The van der Waals surface area contributed by atoms with Crippen molar-refractivity contribution >= 4 is 16.6 Å². The molecule has 0 aliphatic rings. The number of para-hydroxylation sites is 1. The van der Waals surface area contributed by atoms with Gasteiger partial charge in [-0.25, -0.2) is 0 Å². The highest BCUT2D eigenvalue weighted by molar-refractivity contribution is 5.82. The summed E-state index contributed by atoms with van der Waals surface area (Å²) in [5, 5.41) is 22.6. The summed E-state index contributed by atoms with van der Waals surface area (Å²) in [7, 11) is 0. The molecule has 1 aromatic carbocycles. The van der Waals surface area contributed by atoms with Gasteiger partial charge >= 0.3 is 0 Å². The van der Waals surface area contributed by atoms with Gasteiger partial charge in [0, 0.05) is 11.8 Å². The third-order valence-electron chi connectivity index (χ3n) is 2.62. The van der Waals surface area contributed by atoms with Gasteiger partial charge in [-0.1, -0.05) is 29.4 Å². The number of aliphatic hydroxyl groups excluding tert-OH is 1. The normalized spacial score (nSPS) is 13.9. The zero-order valence-corrected chi connectivity index (χ0v) is 9.54. The zero-order valence-electron chi connectivity index (χ0n) is 9.54. The Morgan fingerprint density at radius 1 is 1.29 bits per heavy atom. The van der Waals surface area contributed by atoms with Crippen LogP contribution in [0.3, 0.4) is 0 Å². The summed E-state index contributed by atoms with van der Waals surface area (Å²) < 4.78 is 0. The summed E-state index contributed by atoms with van der Waals surface area (Å²) >= 11 is 0. The number of benzene rings is 1. The lowest BCUT2D eigenvalue weighted by Crippen LogP contribution is -2.05. The first-order valence-corrected chi connectivity index (χ1v) is 5.42. The molecule has 0 radical (unpaired) electrons. The minimum atomic E-state index is -0.740. The molecule has 0 aliphatic carbocycles. The van der Waals surface area contributed by atoms with Crippen molar-refractivity contribution in [1.29, 1.82) is 0 Å². The van der Waals surface area contributed by atoms with E-state index in [0.29, 0.717) is 11.4 Å². The summed E-state index contributed by atoms with van der Waals surface area (Å²) in [5.74, 6) is 0. The van der Waals surface area contributed by atoms with Crippen molar-refractivity contribution in [3.63, 3.8) is 0 Å². The molecule has 1 aromatic heterocycles. The van der Waals surface area contributed by atoms with E-state index in [1.807, 2.05) is 30.3 Å². The largest absolute Gasteiger partial charge is 0.411 e. The molecular formula is C13H14N2O2. The number of hydrogen-bond acceptors (Lipinski definition) is 4. The van der Waals surface area contributed by atoms with E-state index < -0.39 is 6.10 Å². The Morgan fingerprint density at radius 3 is 2.82 bits per heavy atom. The van der Waals surface area contributed by atoms with Crippen LogP contribution in [-0.2, 0) is 0 Å². The highest BCUT2D eigenvalue weighted by atomic mass is 16.4. The third-order valence-corrected chi connectivity index (χ3v) is 2.62. The Kier molecular flexibility index (Phi) is 3.35. The van der Waals surface area contributed by atoms with Gasteiger partial charge in [-0.15, -0.1) is 0 Å². The second-order valence-electron chi connectivity index (χ2n) is 3.98. The predicted octanol–water partition coefficient (Wildman–Crippen LogP) is 2.51. The fourth-order valence-corrected chi connectivity index (χ4v) is 1.69. The summed E-state index contributed by atoms with van der Waals surface area (Å²) in [6, 6.07) is 11.4. The van der Waals surface area contributed by atoms with Crippen molar-refractivity contribution in [2.24, 2.45) is 5.16 Å². The van der Waals surface area contributed by atoms with Crippen LogP contribution in [0.25, 0.3) is 10.9 Å². The number of fused-ring (bicyclic) bond motifs is 1. The minimum absolute atomic E-state index is 0.280. The first-order chi connectivity index (χ1) is 8.20. The van der Waals surface area contributed by atoms with Crippen LogP contribution in [0.5, 0.6) is 0 Å². The molecule has 0 bridgehead atoms. The second-order valence-corrected chi connectivity index (χ2v) is 3.98. The first-order valence-electron chi connectivity index (χ1n) is 5.42. The van der Waals surface area contributed by atoms with Crippen molar-refractivity contribution < 1.29 is 10.3 Å². The van der Waals surface area contributed by atoms with Crippen molar-refractivity contribution in [3.8, 4) is 0 Å². The van der Waals surface area contributed by atoms with Gasteiger partial charge in [-0.3, -0.25) is 4.98 Å². The van der Waals surface area contributed by atoms with Gasteiger partial charge in [0.1, 0.15) is 6.10 Å². The average molecular weight is 230 g/mol. The lowest BCUT2D eigenvalue weighted by molar-refractivity contribution is 0.180. The molecule has 2 aromatic rings. The lowest BCUT2D eigenvalue weighted by Gasteiger charge is -2.09. The van der Waals surface area contributed by atoms with Crippen molar-refractivity contribution in [2.45, 2.75) is 19.4 Å². The quantitative estimate of drug-likeness (QED) is 0.483. The fraction of sp³-hybridized carbons (Fsp3) is 0.231. The van der Waals surface area contributed by atoms with E-state index in [1.165, 1.54) is 0 Å². The van der Waals surface area contributed by atoms with Crippen LogP contribution in [0.15, 0.2) is 41.6 Å². The molecule has 0 aliphatic heterocycles. The van der Waals surface area contributed by atoms with E-state index >= 15 is 0 Å². The number of hydrogen-bond donors (Lipinski definition) is 2. The van der Waals surface area contributed by atoms with Gasteiger partial charge in [0.05, 0.1) is 16.9 Å². The molecule has 0 spiro atoms. The van der Waals surface area contributed by atoms with Gasteiger partial charge < -0.3 is 10.3 Å². The van der Waals surface area contributed by atoms with Crippen LogP contribution >= 0.6 is 0 Å². The molecule has 2 rings (SSSR count). The molecule has 2 N–H and O–H groups in total. The maximum Gasteiger partial charge on any atom is 0.101 e. The van der Waals surface area contributed by atoms with Gasteiger partial charge in [-0.05, 0) is 19.1 Å². The standard InChI is InChI=1S/C13H14N2O2/c1-9(15-17)8-13(16)12-7-6-10-4-2-3-5-11(10)14-12/h2-7,13,16-17H,8H2,1H3/b15-9+/t13-/m1/s1. The van der Waals surface area contributed by atoms with E-state index in [1.54, 1.807) is 13.0 Å². The second kappa shape index (κ2) is 4.93. The van der Waals surface area contributed by atoms with Crippen molar-refractivity contribution in [3.05, 3.63) is 42.1 Å².